The van der Waals surface area contributed by atoms with Crippen LogP contribution in [0.2, 0.25) is 6.04 Å². The van der Waals surface area contributed by atoms with E-state index in [9.17, 15) is 0 Å². The summed E-state index contributed by atoms with van der Waals surface area (Å²) in [5, 5.41) is 6.77. The van der Waals surface area contributed by atoms with Crippen LogP contribution in [-0.4, -0.2) is 49.2 Å². The molecule has 0 saturated carbocycles. The molecular weight excluding hydrogens is 172 g/mol. The SMILES string of the molecule is CO[SiH](CC1CNCCN1)OC. The second kappa shape index (κ2) is 5.66. The number of hydrogen-bond acceptors (Lipinski definition) is 4. The Morgan fingerprint density at radius 1 is 1.33 bits per heavy atom. The highest BCUT2D eigenvalue weighted by Gasteiger charge is 2.19. The summed E-state index contributed by atoms with van der Waals surface area (Å²) in [5.41, 5.74) is 0. The standard InChI is InChI=1S/C7H18N2O2Si/c1-10-12(11-2)6-7-5-8-3-4-9-7/h7-9,12H,3-6H2,1-2H3. The lowest BCUT2D eigenvalue weighted by molar-refractivity contribution is 0.268. The fourth-order valence-corrected chi connectivity index (χ4v) is 2.78. The Balaban J connectivity index is 2.18. The van der Waals surface area contributed by atoms with Gasteiger partial charge in [-0.2, -0.15) is 0 Å². The Kier molecular flexibility index (Phi) is 4.78. The second-order valence-corrected chi connectivity index (χ2v) is 5.27. The second-order valence-electron chi connectivity index (χ2n) is 2.99. The molecule has 0 aromatic heterocycles. The third-order valence-corrected chi connectivity index (χ3v) is 4.13. The van der Waals surface area contributed by atoms with E-state index >= 15 is 0 Å². The molecule has 1 aliphatic heterocycles. The fourth-order valence-electron chi connectivity index (χ4n) is 1.40. The lowest BCUT2D eigenvalue weighted by atomic mass is 10.3. The van der Waals surface area contributed by atoms with Crippen LogP contribution >= 0.6 is 0 Å². The third-order valence-electron chi connectivity index (χ3n) is 2.13. The number of piperazine rings is 1. The van der Waals surface area contributed by atoms with Gasteiger partial charge >= 0.3 is 9.28 Å². The van der Waals surface area contributed by atoms with Gasteiger partial charge in [0.25, 0.3) is 0 Å². The molecule has 2 N–H and O–H groups in total. The van der Waals surface area contributed by atoms with Crippen molar-refractivity contribution in [2.45, 2.75) is 12.1 Å². The molecule has 0 bridgehead atoms. The lowest BCUT2D eigenvalue weighted by Gasteiger charge is -2.26. The zero-order valence-corrected chi connectivity index (χ0v) is 8.95. The molecule has 0 aromatic rings. The Morgan fingerprint density at radius 3 is 2.58 bits per heavy atom. The minimum atomic E-state index is -1.37. The molecule has 0 aliphatic carbocycles. The van der Waals surface area contributed by atoms with Crippen molar-refractivity contribution in [3.8, 4) is 0 Å². The van der Waals surface area contributed by atoms with E-state index in [0.717, 1.165) is 25.7 Å². The van der Waals surface area contributed by atoms with E-state index in [0.29, 0.717) is 6.04 Å². The Labute approximate surface area is 75.5 Å². The van der Waals surface area contributed by atoms with Crippen LogP contribution in [0.5, 0.6) is 0 Å². The molecule has 12 heavy (non-hydrogen) atoms. The first-order valence-corrected chi connectivity index (χ1v) is 6.12. The maximum Gasteiger partial charge on any atom is 0.322 e. The van der Waals surface area contributed by atoms with Crippen molar-refractivity contribution in [1.29, 1.82) is 0 Å². The highest BCUT2D eigenvalue weighted by Crippen LogP contribution is 2.01. The highest BCUT2D eigenvalue weighted by molar-refractivity contribution is 6.44. The first-order valence-electron chi connectivity index (χ1n) is 4.36. The largest absolute Gasteiger partial charge is 0.400 e. The molecule has 1 aliphatic rings. The molecule has 0 spiro atoms. The van der Waals surface area contributed by atoms with Gasteiger partial charge in [0, 0.05) is 45.9 Å². The maximum atomic E-state index is 5.25. The number of nitrogens with one attached hydrogen (secondary N) is 2. The van der Waals surface area contributed by atoms with Crippen LogP contribution in [0.4, 0.5) is 0 Å². The summed E-state index contributed by atoms with van der Waals surface area (Å²) in [6.07, 6.45) is 0. The summed E-state index contributed by atoms with van der Waals surface area (Å²) in [5.74, 6) is 0. The van der Waals surface area contributed by atoms with Gasteiger partial charge in [0.15, 0.2) is 0 Å². The Morgan fingerprint density at radius 2 is 2.08 bits per heavy atom. The zero-order valence-electron chi connectivity index (χ0n) is 7.80. The van der Waals surface area contributed by atoms with Crippen LogP contribution in [0.15, 0.2) is 0 Å². The van der Waals surface area contributed by atoms with Crippen LogP contribution in [0, 0.1) is 0 Å². The highest BCUT2D eigenvalue weighted by atomic mass is 28.3. The fraction of sp³-hybridized carbons (Fsp3) is 1.00. The third kappa shape index (κ3) is 3.20. The van der Waals surface area contributed by atoms with Gasteiger partial charge in [-0.1, -0.05) is 0 Å². The minimum Gasteiger partial charge on any atom is -0.400 e. The van der Waals surface area contributed by atoms with Crippen molar-refractivity contribution in [3.05, 3.63) is 0 Å². The quantitative estimate of drug-likeness (QED) is 0.562. The summed E-state index contributed by atoms with van der Waals surface area (Å²) in [4.78, 5) is 0. The van der Waals surface area contributed by atoms with E-state index in [1.54, 1.807) is 14.2 Å². The van der Waals surface area contributed by atoms with E-state index in [1.165, 1.54) is 0 Å². The summed E-state index contributed by atoms with van der Waals surface area (Å²) in [6.45, 7) is 3.16. The first kappa shape index (κ1) is 10.1. The Hall–Kier alpha value is 0.0569. The van der Waals surface area contributed by atoms with Gasteiger partial charge in [0.2, 0.25) is 0 Å². The van der Waals surface area contributed by atoms with E-state index < -0.39 is 9.28 Å². The van der Waals surface area contributed by atoms with Gasteiger partial charge in [-0.15, -0.1) is 0 Å². The van der Waals surface area contributed by atoms with Gasteiger partial charge in [0.05, 0.1) is 0 Å². The molecule has 1 rings (SSSR count). The maximum absolute atomic E-state index is 5.25. The van der Waals surface area contributed by atoms with Crippen LogP contribution in [-0.2, 0) is 8.85 Å². The van der Waals surface area contributed by atoms with E-state index in [4.69, 9.17) is 8.85 Å². The van der Waals surface area contributed by atoms with Crippen LogP contribution in [0.1, 0.15) is 0 Å². The van der Waals surface area contributed by atoms with Gasteiger partial charge in [-0.3, -0.25) is 0 Å². The molecule has 1 fully saturated rings. The van der Waals surface area contributed by atoms with Crippen molar-refractivity contribution in [1.82, 2.24) is 10.6 Å². The summed E-state index contributed by atoms with van der Waals surface area (Å²) < 4.78 is 10.5. The molecular formula is C7H18N2O2Si. The molecule has 1 unspecified atom stereocenters. The van der Waals surface area contributed by atoms with Crippen molar-refractivity contribution >= 4 is 9.28 Å². The number of rotatable bonds is 4. The number of hydrogen-bond donors (Lipinski definition) is 2. The van der Waals surface area contributed by atoms with Crippen LogP contribution in [0.25, 0.3) is 0 Å². The molecule has 1 heterocycles. The van der Waals surface area contributed by atoms with Gasteiger partial charge in [-0.05, 0) is 0 Å². The summed E-state index contributed by atoms with van der Waals surface area (Å²) in [6, 6.07) is 1.58. The lowest BCUT2D eigenvalue weighted by Crippen LogP contribution is -2.50. The average Bonchev–Trinajstić information content (AvgIpc) is 2.16. The van der Waals surface area contributed by atoms with E-state index in [-0.39, 0.29) is 0 Å². The van der Waals surface area contributed by atoms with E-state index in [1.807, 2.05) is 0 Å². The predicted molar refractivity (Wildman–Crippen MR) is 50.6 cm³/mol. The van der Waals surface area contributed by atoms with Gasteiger partial charge in [-0.25, -0.2) is 0 Å². The summed E-state index contributed by atoms with van der Waals surface area (Å²) >= 11 is 0. The van der Waals surface area contributed by atoms with Gasteiger partial charge in [0.1, 0.15) is 0 Å². The molecule has 5 heteroatoms. The first-order chi connectivity index (χ1) is 5.86. The van der Waals surface area contributed by atoms with Crippen molar-refractivity contribution in [2.75, 3.05) is 33.9 Å². The molecule has 1 saturated heterocycles. The minimum absolute atomic E-state index is 0.537. The van der Waals surface area contributed by atoms with E-state index in [2.05, 4.69) is 10.6 Å². The van der Waals surface area contributed by atoms with Crippen LogP contribution < -0.4 is 10.6 Å². The smallest absolute Gasteiger partial charge is 0.322 e. The van der Waals surface area contributed by atoms with Crippen LogP contribution in [0.3, 0.4) is 0 Å². The predicted octanol–water partition coefficient (Wildman–Crippen LogP) is -0.939. The topological polar surface area (TPSA) is 42.5 Å². The van der Waals surface area contributed by atoms with Crippen molar-refractivity contribution in [2.24, 2.45) is 0 Å². The zero-order chi connectivity index (χ0) is 8.81. The van der Waals surface area contributed by atoms with Crippen molar-refractivity contribution in [3.63, 3.8) is 0 Å². The van der Waals surface area contributed by atoms with Gasteiger partial charge < -0.3 is 19.5 Å². The molecule has 0 amide bonds. The molecule has 0 radical (unpaired) electrons. The monoisotopic (exact) mass is 190 g/mol. The summed E-state index contributed by atoms with van der Waals surface area (Å²) in [7, 11) is 2.10. The Bertz CT molecular complexity index is 116. The molecule has 72 valence electrons. The molecule has 1 atom stereocenters. The van der Waals surface area contributed by atoms with Crippen molar-refractivity contribution < 1.29 is 8.85 Å². The molecule has 0 aromatic carbocycles. The normalized spacial score (nSPS) is 24.8. The average molecular weight is 190 g/mol. The molecule has 4 nitrogen and oxygen atoms in total.